The van der Waals surface area contributed by atoms with Crippen LogP contribution in [0, 0.1) is 6.92 Å². The number of hydrogen-bond donors (Lipinski definition) is 1. The van der Waals surface area contributed by atoms with Gasteiger partial charge in [-0.3, -0.25) is 4.99 Å². The third kappa shape index (κ3) is 4.32. The van der Waals surface area contributed by atoms with Crippen LogP contribution in [-0.4, -0.2) is 27.5 Å². The highest BCUT2D eigenvalue weighted by Gasteiger charge is 2.34. The first-order valence-corrected chi connectivity index (χ1v) is 9.06. The number of urea groups is 1. The largest absolute Gasteiger partial charge is 0.333 e. The average Bonchev–Trinajstić information content (AvgIpc) is 2.87. The molecule has 7 heteroatoms. The summed E-state index contributed by atoms with van der Waals surface area (Å²) in [6, 6.07) is 10.5. The van der Waals surface area contributed by atoms with Gasteiger partial charge in [0.15, 0.2) is 5.17 Å². The van der Waals surface area contributed by atoms with Gasteiger partial charge >= 0.3 is 6.03 Å². The zero-order valence-electron chi connectivity index (χ0n) is 14.3. The first kappa shape index (κ1) is 17.8. The maximum atomic E-state index is 13.0. The first-order valence-electron chi connectivity index (χ1n) is 7.87. The van der Waals surface area contributed by atoms with E-state index >= 15 is 0 Å². The molecule has 0 unspecified atom stereocenters. The molecular weight excluding hydrogens is 356 g/mol. The topological polar surface area (TPSA) is 57.6 Å². The van der Waals surface area contributed by atoms with E-state index in [1.807, 2.05) is 19.1 Å². The van der Waals surface area contributed by atoms with Crippen molar-refractivity contribution in [3.8, 4) is 0 Å². The minimum absolute atomic E-state index is 0.0479. The lowest BCUT2D eigenvalue weighted by molar-refractivity contribution is 0.259. The van der Waals surface area contributed by atoms with Gasteiger partial charge in [-0.2, -0.15) is 0 Å². The zero-order chi connectivity index (χ0) is 18.0. The molecule has 1 aromatic carbocycles. The predicted molar refractivity (Wildman–Crippen MR) is 106 cm³/mol. The van der Waals surface area contributed by atoms with Crippen LogP contribution in [0.3, 0.4) is 0 Å². The molecule has 0 bridgehead atoms. The molecule has 2 aromatic rings. The first-order chi connectivity index (χ1) is 11.8. The van der Waals surface area contributed by atoms with E-state index in [0.717, 1.165) is 5.56 Å². The third-order valence-corrected chi connectivity index (χ3v) is 4.97. The second kappa shape index (κ2) is 7.06. The van der Waals surface area contributed by atoms with Gasteiger partial charge in [-0.25, -0.2) is 14.7 Å². The molecule has 0 aliphatic carbocycles. The molecule has 1 N–H and O–H groups in total. The van der Waals surface area contributed by atoms with Crippen LogP contribution in [0.4, 0.5) is 16.3 Å². The van der Waals surface area contributed by atoms with E-state index in [9.17, 15) is 4.79 Å². The fraction of sp³-hybridized carbons (Fsp3) is 0.278. The molecule has 0 fully saturated rings. The standard InChI is InChI=1S/C18H19ClN4OS/c1-12-7-8-20-15(9-12)23(17-21-11-18(2,3)25-17)16(24)22-14-6-4-5-13(19)10-14/h4-10H,11H2,1-3H3,(H,22,24). The lowest BCUT2D eigenvalue weighted by Crippen LogP contribution is -2.39. The number of aromatic nitrogens is 1. The Labute approximate surface area is 156 Å². The molecule has 0 spiro atoms. The monoisotopic (exact) mass is 374 g/mol. The zero-order valence-corrected chi connectivity index (χ0v) is 15.9. The van der Waals surface area contributed by atoms with Crippen molar-refractivity contribution >= 4 is 46.1 Å². The molecule has 1 aliphatic rings. The summed E-state index contributed by atoms with van der Waals surface area (Å²) in [5.74, 6) is 0.545. The van der Waals surface area contributed by atoms with Crippen molar-refractivity contribution in [1.82, 2.24) is 4.98 Å². The van der Waals surface area contributed by atoms with Crippen molar-refractivity contribution in [2.24, 2.45) is 4.99 Å². The van der Waals surface area contributed by atoms with Crippen molar-refractivity contribution in [2.75, 3.05) is 16.8 Å². The van der Waals surface area contributed by atoms with Gasteiger partial charge in [-0.05, 0) is 56.7 Å². The van der Waals surface area contributed by atoms with Crippen LogP contribution in [-0.2, 0) is 0 Å². The molecule has 1 aliphatic heterocycles. The van der Waals surface area contributed by atoms with Crippen LogP contribution in [0.2, 0.25) is 5.02 Å². The number of amides is 2. The number of anilines is 2. The van der Waals surface area contributed by atoms with Gasteiger partial charge in [-0.15, -0.1) is 0 Å². The summed E-state index contributed by atoms with van der Waals surface area (Å²) in [7, 11) is 0. The fourth-order valence-electron chi connectivity index (χ4n) is 2.36. The summed E-state index contributed by atoms with van der Waals surface area (Å²) in [5, 5.41) is 4.08. The number of rotatable bonds is 2. The van der Waals surface area contributed by atoms with Crippen molar-refractivity contribution in [3.05, 3.63) is 53.2 Å². The molecular formula is C18H19ClN4OS. The second-order valence-corrected chi connectivity index (χ2v) is 8.54. The summed E-state index contributed by atoms with van der Waals surface area (Å²) >= 11 is 7.57. The Morgan fingerprint density at radius 1 is 1.32 bits per heavy atom. The summed E-state index contributed by atoms with van der Waals surface area (Å²) in [6.45, 7) is 6.82. The molecule has 0 saturated carbocycles. The Balaban J connectivity index is 1.92. The number of aryl methyl sites for hydroxylation is 1. The van der Waals surface area contributed by atoms with Gasteiger partial charge in [0, 0.05) is 21.7 Å². The normalized spacial score (nSPS) is 15.6. The summed E-state index contributed by atoms with van der Waals surface area (Å²) in [6.07, 6.45) is 1.69. The smallest absolute Gasteiger partial charge is 0.307 e. The number of halogens is 1. The minimum atomic E-state index is -0.315. The molecule has 0 atom stereocenters. The summed E-state index contributed by atoms with van der Waals surface area (Å²) < 4.78 is -0.0479. The Hall–Kier alpha value is -2.05. The summed E-state index contributed by atoms with van der Waals surface area (Å²) in [4.78, 5) is 23.4. The predicted octanol–water partition coefficient (Wildman–Crippen LogP) is 4.96. The number of hydrogen-bond acceptors (Lipinski definition) is 4. The molecule has 2 heterocycles. The van der Waals surface area contributed by atoms with Gasteiger partial charge in [0.05, 0.1) is 6.54 Å². The van der Waals surface area contributed by atoms with Gasteiger partial charge in [0.1, 0.15) is 5.82 Å². The Bertz CT molecular complexity index is 837. The summed E-state index contributed by atoms with van der Waals surface area (Å²) in [5.41, 5.74) is 1.64. The molecule has 5 nitrogen and oxygen atoms in total. The van der Waals surface area contributed by atoms with E-state index < -0.39 is 0 Å². The highest BCUT2D eigenvalue weighted by atomic mass is 35.5. The lowest BCUT2D eigenvalue weighted by Gasteiger charge is -2.23. The number of thioether (sulfide) groups is 1. The van der Waals surface area contributed by atoms with E-state index in [1.165, 1.54) is 4.90 Å². The van der Waals surface area contributed by atoms with Crippen molar-refractivity contribution in [3.63, 3.8) is 0 Å². The van der Waals surface area contributed by atoms with E-state index in [0.29, 0.717) is 28.2 Å². The van der Waals surface area contributed by atoms with Crippen LogP contribution in [0.25, 0.3) is 0 Å². The number of carbonyl (C=O) groups is 1. The van der Waals surface area contributed by atoms with Crippen molar-refractivity contribution in [1.29, 1.82) is 0 Å². The molecule has 2 amide bonds. The maximum Gasteiger partial charge on any atom is 0.333 e. The molecule has 130 valence electrons. The van der Waals surface area contributed by atoms with E-state index in [4.69, 9.17) is 11.6 Å². The van der Waals surface area contributed by atoms with Gasteiger partial charge < -0.3 is 5.32 Å². The highest BCUT2D eigenvalue weighted by molar-refractivity contribution is 8.15. The van der Waals surface area contributed by atoms with Crippen LogP contribution in [0.15, 0.2) is 47.6 Å². The SMILES string of the molecule is Cc1ccnc(N(C(=O)Nc2cccc(Cl)c2)C2=NCC(C)(C)S2)c1. The quantitative estimate of drug-likeness (QED) is 0.807. The van der Waals surface area contributed by atoms with E-state index in [2.05, 4.69) is 29.1 Å². The lowest BCUT2D eigenvalue weighted by atomic mass is 10.2. The number of pyridine rings is 1. The molecule has 0 saturated heterocycles. The maximum absolute atomic E-state index is 13.0. The fourth-order valence-corrected chi connectivity index (χ4v) is 3.57. The van der Waals surface area contributed by atoms with Gasteiger partial charge in [0.2, 0.25) is 0 Å². The van der Waals surface area contributed by atoms with Crippen molar-refractivity contribution in [2.45, 2.75) is 25.5 Å². The Kier molecular flexibility index (Phi) is 5.01. The number of nitrogens with zero attached hydrogens (tertiary/aromatic N) is 3. The number of benzene rings is 1. The number of aliphatic imine (C=N–C) groups is 1. The van der Waals surface area contributed by atoms with Crippen molar-refractivity contribution < 1.29 is 4.79 Å². The van der Waals surface area contributed by atoms with Crippen LogP contribution >= 0.6 is 23.4 Å². The number of amidine groups is 1. The van der Waals surface area contributed by atoms with E-state index in [1.54, 1.807) is 42.2 Å². The van der Waals surface area contributed by atoms with Crippen LogP contribution in [0.1, 0.15) is 19.4 Å². The number of nitrogens with one attached hydrogen (secondary N) is 1. The average molecular weight is 375 g/mol. The van der Waals surface area contributed by atoms with Gasteiger partial charge in [0.25, 0.3) is 0 Å². The van der Waals surface area contributed by atoms with Gasteiger partial charge in [-0.1, -0.05) is 29.4 Å². The minimum Gasteiger partial charge on any atom is -0.307 e. The molecule has 3 rings (SSSR count). The highest BCUT2D eigenvalue weighted by Crippen LogP contribution is 2.35. The third-order valence-electron chi connectivity index (χ3n) is 3.56. The molecule has 25 heavy (non-hydrogen) atoms. The van der Waals surface area contributed by atoms with E-state index in [-0.39, 0.29) is 10.8 Å². The molecule has 1 aromatic heterocycles. The number of carbonyl (C=O) groups excluding carboxylic acids is 1. The Morgan fingerprint density at radius 2 is 2.12 bits per heavy atom. The molecule has 0 radical (unpaired) electrons. The van der Waals surface area contributed by atoms with Crippen LogP contribution in [0.5, 0.6) is 0 Å². The van der Waals surface area contributed by atoms with Crippen LogP contribution < -0.4 is 10.2 Å². The Morgan fingerprint density at radius 3 is 2.76 bits per heavy atom. The second-order valence-electron chi connectivity index (χ2n) is 6.43.